The summed E-state index contributed by atoms with van der Waals surface area (Å²) in [5.74, 6) is -0.0769. The number of aromatic amines is 1. The second-order valence-electron chi connectivity index (χ2n) is 4.33. The summed E-state index contributed by atoms with van der Waals surface area (Å²) >= 11 is 0. The van der Waals surface area contributed by atoms with E-state index in [1.807, 2.05) is 37.3 Å². The van der Waals surface area contributed by atoms with Crippen molar-refractivity contribution in [2.75, 3.05) is 6.54 Å². The highest BCUT2D eigenvalue weighted by atomic mass is 16.2. The van der Waals surface area contributed by atoms with Crippen LogP contribution in [-0.4, -0.2) is 22.6 Å². The van der Waals surface area contributed by atoms with E-state index < -0.39 is 0 Å². The van der Waals surface area contributed by atoms with Crippen LogP contribution in [0.2, 0.25) is 0 Å². The van der Waals surface area contributed by atoms with Crippen LogP contribution in [0.4, 0.5) is 0 Å². The van der Waals surface area contributed by atoms with E-state index in [4.69, 9.17) is 0 Å². The number of hydrogen-bond acceptors (Lipinski definition) is 3. The van der Waals surface area contributed by atoms with Gasteiger partial charge in [0.15, 0.2) is 0 Å². The summed E-state index contributed by atoms with van der Waals surface area (Å²) in [6.07, 6.45) is 0. The van der Waals surface area contributed by atoms with Crippen LogP contribution in [0, 0.1) is 0 Å². The van der Waals surface area contributed by atoms with Crippen LogP contribution in [0.3, 0.4) is 0 Å². The highest BCUT2D eigenvalue weighted by Crippen LogP contribution is 2.12. The van der Waals surface area contributed by atoms with E-state index in [0.29, 0.717) is 6.54 Å². The summed E-state index contributed by atoms with van der Waals surface area (Å²) in [6.45, 7) is 2.56. The van der Waals surface area contributed by atoms with Crippen LogP contribution in [0.25, 0.3) is 0 Å². The molecule has 0 saturated heterocycles. The Labute approximate surface area is 110 Å². The van der Waals surface area contributed by atoms with Crippen molar-refractivity contribution in [3.05, 3.63) is 64.1 Å². The molecule has 0 aliphatic carbocycles. The minimum Gasteiger partial charge on any atom is -0.350 e. The molecule has 98 valence electrons. The molecule has 5 heteroatoms. The van der Waals surface area contributed by atoms with Crippen molar-refractivity contribution < 1.29 is 4.79 Å². The summed E-state index contributed by atoms with van der Waals surface area (Å²) in [5, 5.41) is 8.71. The Hall–Kier alpha value is -2.43. The first kappa shape index (κ1) is 13.0. The Kier molecular flexibility index (Phi) is 4.07. The molecule has 2 aromatic rings. The highest BCUT2D eigenvalue weighted by Gasteiger charge is 2.10. The van der Waals surface area contributed by atoms with Gasteiger partial charge < -0.3 is 5.32 Å². The van der Waals surface area contributed by atoms with Gasteiger partial charge in [-0.3, -0.25) is 9.59 Å². The lowest BCUT2D eigenvalue weighted by Gasteiger charge is -2.12. The summed E-state index contributed by atoms with van der Waals surface area (Å²) < 4.78 is 0. The Bertz CT molecular complexity index is 587. The van der Waals surface area contributed by atoms with Gasteiger partial charge in [-0.05, 0) is 17.5 Å². The number of nitrogens with zero attached hydrogens (tertiary/aromatic N) is 1. The van der Waals surface area contributed by atoms with Crippen molar-refractivity contribution in [1.29, 1.82) is 0 Å². The molecule has 0 radical (unpaired) electrons. The number of H-pyrrole nitrogens is 1. The normalized spacial score (nSPS) is 11.8. The number of carbonyl (C=O) groups is 1. The lowest BCUT2D eigenvalue weighted by molar-refractivity contribution is 0.0945. The van der Waals surface area contributed by atoms with Gasteiger partial charge >= 0.3 is 0 Å². The summed E-state index contributed by atoms with van der Waals surface area (Å²) in [7, 11) is 0. The van der Waals surface area contributed by atoms with Crippen LogP contribution < -0.4 is 10.9 Å². The van der Waals surface area contributed by atoms with Crippen LogP contribution >= 0.6 is 0 Å². The number of carbonyl (C=O) groups excluding carboxylic acids is 1. The maximum Gasteiger partial charge on any atom is 0.271 e. The maximum absolute atomic E-state index is 11.8. The number of aromatic nitrogens is 2. The first-order valence-corrected chi connectivity index (χ1v) is 6.05. The first-order chi connectivity index (χ1) is 9.16. The van der Waals surface area contributed by atoms with Gasteiger partial charge in [0.25, 0.3) is 11.5 Å². The quantitative estimate of drug-likeness (QED) is 0.867. The molecule has 1 heterocycles. The Morgan fingerprint density at radius 1 is 1.26 bits per heavy atom. The first-order valence-electron chi connectivity index (χ1n) is 6.05. The largest absolute Gasteiger partial charge is 0.350 e. The lowest BCUT2D eigenvalue weighted by atomic mass is 10.0. The second-order valence-corrected chi connectivity index (χ2v) is 4.33. The molecular weight excluding hydrogens is 242 g/mol. The fourth-order valence-electron chi connectivity index (χ4n) is 1.71. The van der Waals surface area contributed by atoms with Crippen LogP contribution in [0.1, 0.15) is 28.9 Å². The molecule has 0 saturated carbocycles. The van der Waals surface area contributed by atoms with Crippen molar-refractivity contribution in [2.24, 2.45) is 0 Å². The summed E-state index contributed by atoms with van der Waals surface area (Å²) in [6, 6.07) is 12.6. The van der Waals surface area contributed by atoms with Gasteiger partial charge in [0.1, 0.15) is 5.69 Å². The van der Waals surface area contributed by atoms with Crippen molar-refractivity contribution in [1.82, 2.24) is 15.5 Å². The fraction of sp³-hybridized carbons (Fsp3) is 0.214. The topological polar surface area (TPSA) is 74.8 Å². The predicted octanol–water partition coefficient (Wildman–Crippen LogP) is 1.30. The SMILES string of the molecule is C[C@@H](CNC(=O)c1ccc(=O)[nH]n1)c1ccccc1. The van der Waals surface area contributed by atoms with Gasteiger partial charge in [-0.2, -0.15) is 5.10 Å². The van der Waals surface area contributed by atoms with E-state index in [1.165, 1.54) is 12.1 Å². The molecule has 0 unspecified atom stereocenters. The van der Waals surface area contributed by atoms with Crippen LogP contribution in [0.5, 0.6) is 0 Å². The molecule has 0 aliphatic heterocycles. The molecule has 1 aromatic heterocycles. The molecule has 2 rings (SSSR count). The average molecular weight is 257 g/mol. The van der Waals surface area contributed by atoms with Crippen molar-refractivity contribution in [3.8, 4) is 0 Å². The van der Waals surface area contributed by atoms with Gasteiger partial charge in [0.2, 0.25) is 0 Å². The number of hydrogen-bond donors (Lipinski definition) is 2. The number of benzene rings is 1. The molecule has 0 spiro atoms. The van der Waals surface area contributed by atoms with Crippen LogP contribution in [-0.2, 0) is 0 Å². The number of nitrogens with one attached hydrogen (secondary N) is 2. The molecule has 1 aromatic carbocycles. The minimum atomic E-state index is -0.325. The molecular formula is C14H15N3O2. The van der Waals surface area contributed by atoms with E-state index in [9.17, 15) is 9.59 Å². The van der Waals surface area contributed by atoms with E-state index in [2.05, 4.69) is 15.5 Å². The zero-order chi connectivity index (χ0) is 13.7. The third-order valence-corrected chi connectivity index (χ3v) is 2.85. The van der Waals surface area contributed by atoms with Crippen LogP contribution in [0.15, 0.2) is 47.3 Å². The minimum absolute atomic E-state index is 0.208. The van der Waals surface area contributed by atoms with Gasteiger partial charge in [0.05, 0.1) is 0 Å². The molecule has 0 aliphatic rings. The fourth-order valence-corrected chi connectivity index (χ4v) is 1.71. The lowest BCUT2D eigenvalue weighted by Crippen LogP contribution is -2.29. The maximum atomic E-state index is 11.8. The van der Waals surface area contributed by atoms with E-state index in [1.54, 1.807) is 0 Å². The smallest absolute Gasteiger partial charge is 0.271 e. The molecule has 0 bridgehead atoms. The van der Waals surface area contributed by atoms with Crippen molar-refractivity contribution in [3.63, 3.8) is 0 Å². The number of rotatable bonds is 4. The second kappa shape index (κ2) is 5.95. The van der Waals surface area contributed by atoms with E-state index in [-0.39, 0.29) is 23.1 Å². The van der Waals surface area contributed by atoms with Crippen molar-refractivity contribution >= 4 is 5.91 Å². The van der Waals surface area contributed by atoms with Crippen molar-refractivity contribution in [2.45, 2.75) is 12.8 Å². The predicted molar refractivity (Wildman–Crippen MR) is 72.0 cm³/mol. The Morgan fingerprint density at radius 3 is 2.63 bits per heavy atom. The number of amides is 1. The highest BCUT2D eigenvalue weighted by molar-refractivity contribution is 5.91. The monoisotopic (exact) mass is 257 g/mol. The molecule has 5 nitrogen and oxygen atoms in total. The molecule has 0 fully saturated rings. The summed E-state index contributed by atoms with van der Waals surface area (Å²) in [5.41, 5.74) is 1.05. The third-order valence-electron chi connectivity index (χ3n) is 2.85. The standard InChI is InChI=1S/C14H15N3O2/c1-10(11-5-3-2-4-6-11)9-15-14(19)12-7-8-13(18)17-16-12/h2-8,10H,9H2,1H3,(H,15,19)(H,17,18)/t10-/m0/s1. The molecule has 1 atom stereocenters. The Morgan fingerprint density at radius 2 is 2.00 bits per heavy atom. The van der Waals surface area contributed by atoms with Gasteiger partial charge in [-0.1, -0.05) is 37.3 Å². The zero-order valence-corrected chi connectivity index (χ0v) is 10.6. The van der Waals surface area contributed by atoms with Gasteiger partial charge in [-0.15, -0.1) is 0 Å². The molecule has 1 amide bonds. The molecule has 19 heavy (non-hydrogen) atoms. The van der Waals surface area contributed by atoms with E-state index >= 15 is 0 Å². The third kappa shape index (κ3) is 3.51. The van der Waals surface area contributed by atoms with Gasteiger partial charge in [-0.25, -0.2) is 5.10 Å². The summed E-state index contributed by atoms with van der Waals surface area (Å²) in [4.78, 5) is 22.6. The molecule has 2 N–H and O–H groups in total. The van der Waals surface area contributed by atoms with Gasteiger partial charge in [0, 0.05) is 12.6 Å². The van der Waals surface area contributed by atoms with E-state index in [0.717, 1.165) is 5.56 Å². The zero-order valence-electron chi connectivity index (χ0n) is 10.6. The Balaban J connectivity index is 1.94. The average Bonchev–Trinajstić information content (AvgIpc) is 2.46.